The molecule has 0 fully saturated rings. The Kier molecular flexibility index (Phi) is 4.05. The van der Waals surface area contributed by atoms with Gasteiger partial charge in [0.1, 0.15) is 0 Å². The molecule has 0 aliphatic rings. The van der Waals surface area contributed by atoms with Gasteiger partial charge >= 0.3 is 0 Å². The molecule has 1 rings (SSSR count). The third-order valence-corrected chi connectivity index (χ3v) is 3.19. The van der Waals surface area contributed by atoms with Gasteiger partial charge in [-0.3, -0.25) is 0 Å². The molecule has 0 bridgehead atoms. The minimum atomic E-state index is -0.221. The van der Waals surface area contributed by atoms with E-state index in [2.05, 4.69) is 6.07 Å². The van der Waals surface area contributed by atoms with Crippen LogP contribution in [0.2, 0.25) is 0 Å². The van der Waals surface area contributed by atoms with Crippen molar-refractivity contribution in [3.05, 3.63) is 24.3 Å². The first kappa shape index (κ1) is 11.9. The minimum Gasteiger partial charge on any atom is -0.399 e. The largest absolute Gasteiger partial charge is 0.399 e. The summed E-state index contributed by atoms with van der Waals surface area (Å²) in [6, 6.07) is 10.1. The lowest BCUT2D eigenvalue weighted by Gasteiger charge is -2.13. The molecule has 0 spiro atoms. The molecule has 0 aliphatic heterocycles. The zero-order chi connectivity index (χ0) is 11.3. The normalized spacial score (nSPS) is 11.0. The maximum Gasteiger partial charge on any atom is 0.0684 e. The predicted octanol–water partition coefficient (Wildman–Crippen LogP) is 3.30. The van der Waals surface area contributed by atoms with Crippen LogP contribution >= 0.6 is 11.8 Å². The van der Waals surface area contributed by atoms with Crippen LogP contribution in [-0.4, -0.2) is 5.75 Å². The number of anilines is 1. The lowest BCUT2D eigenvalue weighted by Crippen LogP contribution is -2.08. The molecule has 0 radical (unpaired) electrons. The highest BCUT2D eigenvalue weighted by molar-refractivity contribution is 7.99. The summed E-state index contributed by atoms with van der Waals surface area (Å²) in [6.07, 6.45) is 0.901. The van der Waals surface area contributed by atoms with Gasteiger partial charge in [0.25, 0.3) is 0 Å². The van der Waals surface area contributed by atoms with Gasteiger partial charge in [-0.15, -0.1) is 11.8 Å². The van der Waals surface area contributed by atoms with Crippen LogP contribution in [0, 0.1) is 16.7 Å². The maximum atomic E-state index is 8.85. The lowest BCUT2D eigenvalue weighted by molar-refractivity contribution is 0.482. The van der Waals surface area contributed by atoms with Gasteiger partial charge in [-0.2, -0.15) is 5.26 Å². The van der Waals surface area contributed by atoms with Gasteiger partial charge in [0.05, 0.1) is 11.5 Å². The lowest BCUT2D eigenvalue weighted by atomic mass is 9.93. The van der Waals surface area contributed by atoms with E-state index in [9.17, 15) is 0 Å². The number of thioether (sulfide) groups is 1. The van der Waals surface area contributed by atoms with Gasteiger partial charge in [-0.05, 0) is 50.3 Å². The van der Waals surface area contributed by atoms with Gasteiger partial charge in [0.2, 0.25) is 0 Å². The number of rotatable bonds is 4. The summed E-state index contributed by atoms with van der Waals surface area (Å²) in [7, 11) is 0. The zero-order valence-electron chi connectivity index (χ0n) is 9.16. The first-order chi connectivity index (χ1) is 7.03. The minimum absolute atomic E-state index is 0.221. The van der Waals surface area contributed by atoms with Crippen LogP contribution in [0.15, 0.2) is 29.2 Å². The van der Waals surface area contributed by atoms with E-state index in [-0.39, 0.29) is 5.41 Å². The van der Waals surface area contributed by atoms with Crippen LogP contribution in [0.4, 0.5) is 5.69 Å². The number of nitrogens with two attached hydrogens (primary N) is 1. The highest BCUT2D eigenvalue weighted by atomic mass is 32.2. The molecule has 0 aliphatic carbocycles. The van der Waals surface area contributed by atoms with Crippen LogP contribution in [0.25, 0.3) is 0 Å². The highest BCUT2D eigenvalue weighted by Crippen LogP contribution is 2.26. The fourth-order valence-corrected chi connectivity index (χ4v) is 2.22. The zero-order valence-corrected chi connectivity index (χ0v) is 9.97. The van der Waals surface area contributed by atoms with Crippen LogP contribution in [0.3, 0.4) is 0 Å². The Morgan fingerprint density at radius 1 is 1.33 bits per heavy atom. The first-order valence-corrected chi connectivity index (χ1v) is 5.92. The van der Waals surface area contributed by atoms with Crippen molar-refractivity contribution in [3.8, 4) is 6.07 Å². The van der Waals surface area contributed by atoms with E-state index in [1.807, 2.05) is 38.1 Å². The summed E-state index contributed by atoms with van der Waals surface area (Å²) in [5.74, 6) is 0.963. The van der Waals surface area contributed by atoms with Gasteiger partial charge in [-0.1, -0.05) is 0 Å². The number of benzene rings is 1. The van der Waals surface area contributed by atoms with Crippen molar-refractivity contribution < 1.29 is 0 Å². The summed E-state index contributed by atoms with van der Waals surface area (Å²) in [4.78, 5) is 1.21. The Hall–Kier alpha value is -1.14. The van der Waals surface area contributed by atoms with Crippen molar-refractivity contribution in [1.82, 2.24) is 0 Å². The highest BCUT2D eigenvalue weighted by Gasteiger charge is 2.15. The van der Waals surface area contributed by atoms with Crippen LogP contribution < -0.4 is 5.73 Å². The second-order valence-corrected chi connectivity index (χ2v) is 5.33. The fraction of sp³-hybridized carbons (Fsp3) is 0.417. The van der Waals surface area contributed by atoms with Crippen LogP contribution in [0.1, 0.15) is 20.3 Å². The van der Waals surface area contributed by atoms with E-state index >= 15 is 0 Å². The van der Waals surface area contributed by atoms with Crippen molar-refractivity contribution >= 4 is 17.4 Å². The quantitative estimate of drug-likeness (QED) is 0.625. The molecule has 1 aromatic carbocycles. The second-order valence-electron chi connectivity index (χ2n) is 4.16. The standard InChI is InChI=1S/C12H16N2S/c1-12(2,9-13)7-8-15-11-5-3-10(14)4-6-11/h3-6H,7-8,14H2,1-2H3. The second kappa shape index (κ2) is 5.09. The molecule has 0 amide bonds. The molecular weight excluding hydrogens is 204 g/mol. The van der Waals surface area contributed by atoms with E-state index < -0.39 is 0 Å². The first-order valence-electron chi connectivity index (χ1n) is 4.93. The number of hydrogen-bond donors (Lipinski definition) is 1. The van der Waals surface area contributed by atoms with Crippen molar-refractivity contribution in [2.75, 3.05) is 11.5 Å². The molecule has 0 aromatic heterocycles. The van der Waals surface area contributed by atoms with Gasteiger partial charge in [-0.25, -0.2) is 0 Å². The summed E-state index contributed by atoms with van der Waals surface area (Å²) in [6.45, 7) is 3.94. The summed E-state index contributed by atoms with van der Waals surface area (Å²) >= 11 is 1.76. The third kappa shape index (κ3) is 4.26. The van der Waals surface area contributed by atoms with E-state index in [4.69, 9.17) is 11.0 Å². The molecular formula is C12H16N2S. The Morgan fingerprint density at radius 2 is 1.93 bits per heavy atom. The topological polar surface area (TPSA) is 49.8 Å². The van der Waals surface area contributed by atoms with Crippen LogP contribution in [0.5, 0.6) is 0 Å². The van der Waals surface area contributed by atoms with Crippen molar-refractivity contribution in [2.24, 2.45) is 5.41 Å². The summed E-state index contributed by atoms with van der Waals surface area (Å²) in [5, 5.41) is 8.85. The Balaban J connectivity index is 2.39. The molecule has 0 saturated carbocycles. The van der Waals surface area contributed by atoms with Gasteiger partial charge < -0.3 is 5.73 Å². The Bertz CT molecular complexity index is 349. The van der Waals surface area contributed by atoms with E-state index in [0.29, 0.717) is 0 Å². The van der Waals surface area contributed by atoms with Crippen molar-refractivity contribution in [1.29, 1.82) is 5.26 Å². The fourth-order valence-electron chi connectivity index (χ4n) is 1.04. The Labute approximate surface area is 95.5 Å². The summed E-state index contributed by atoms with van der Waals surface area (Å²) < 4.78 is 0. The van der Waals surface area contributed by atoms with Crippen molar-refractivity contribution in [2.45, 2.75) is 25.2 Å². The molecule has 0 saturated heterocycles. The number of nitrogen functional groups attached to an aromatic ring is 1. The molecule has 0 heterocycles. The number of nitrogens with zero attached hydrogens (tertiary/aromatic N) is 1. The molecule has 2 nitrogen and oxygen atoms in total. The molecule has 1 aromatic rings. The average Bonchev–Trinajstić information content (AvgIpc) is 2.21. The number of hydrogen-bond acceptors (Lipinski definition) is 3. The molecule has 2 N–H and O–H groups in total. The van der Waals surface area contributed by atoms with E-state index in [1.165, 1.54) is 4.90 Å². The summed E-state index contributed by atoms with van der Waals surface area (Å²) in [5.41, 5.74) is 6.16. The van der Waals surface area contributed by atoms with Gasteiger partial charge in [0, 0.05) is 10.6 Å². The number of nitriles is 1. The van der Waals surface area contributed by atoms with Crippen LogP contribution in [-0.2, 0) is 0 Å². The SMILES string of the molecule is CC(C)(C#N)CCSc1ccc(N)cc1. The molecule has 0 unspecified atom stereocenters. The monoisotopic (exact) mass is 220 g/mol. The van der Waals surface area contributed by atoms with Gasteiger partial charge in [0.15, 0.2) is 0 Å². The Morgan fingerprint density at radius 3 is 2.47 bits per heavy atom. The van der Waals surface area contributed by atoms with Crippen molar-refractivity contribution in [3.63, 3.8) is 0 Å². The predicted molar refractivity (Wildman–Crippen MR) is 65.6 cm³/mol. The molecule has 80 valence electrons. The average molecular weight is 220 g/mol. The molecule has 3 heteroatoms. The third-order valence-electron chi connectivity index (χ3n) is 2.18. The molecule has 0 atom stereocenters. The smallest absolute Gasteiger partial charge is 0.0684 e. The molecule has 15 heavy (non-hydrogen) atoms. The van der Waals surface area contributed by atoms with E-state index in [0.717, 1.165) is 17.9 Å². The maximum absolute atomic E-state index is 8.85. The van der Waals surface area contributed by atoms with E-state index in [1.54, 1.807) is 11.8 Å².